The van der Waals surface area contributed by atoms with Crippen molar-refractivity contribution in [3.05, 3.63) is 23.8 Å². The fourth-order valence-electron chi connectivity index (χ4n) is 2.79. The van der Waals surface area contributed by atoms with Crippen molar-refractivity contribution in [1.29, 1.82) is 0 Å². The molecule has 1 fully saturated rings. The van der Waals surface area contributed by atoms with E-state index >= 15 is 0 Å². The molecule has 2 aliphatic rings. The number of carbonyl (C=O) groups is 1. The van der Waals surface area contributed by atoms with Gasteiger partial charge in [0.1, 0.15) is 5.75 Å². The molecule has 1 aromatic rings. The topological polar surface area (TPSA) is 84.9 Å². The zero-order chi connectivity index (χ0) is 16.4. The number of nitrogens with one attached hydrogen (secondary N) is 1. The number of hydrogen-bond acceptors (Lipinski definition) is 6. The molecule has 1 unspecified atom stereocenters. The quantitative estimate of drug-likeness (QED) is 0.785. The number of carbonyl (C=O) groups excluding carboxylic acids is 1. The van der Waals surface area contributed by atoms with Crippen LogP contribution in [0.2, 0.25) is 0 Å². The molecule has 7 nitrogen and oxygen atoms in total. The van der Waals surface area contributed by atoms with E-state index in [1.54, 1.807) is 19.1 Å². The maximum Gasteiger partial charge on any atom is 0.347 e. The fourth-order valence-corrected chi connectivity index (χ4v) is 4.28. The van der Waals surface area contributed by atoms with E-state index in [4.69, 9.17) is 9.47 Å². The van der Waals surface area contributed by atoms with Crippen molar-refractivity contribution in [2.45, 2.75) is 24.3 Å². The molecule has 3 rings (SSSR count). The number of benzene rings is 1. The monoisotopic (exact) mass is 340 g/mol. The van der Waals surface area contributed by atoms with E-state index in [0.29, 0.717) is 38.3 Å². The van der Waals surface area contributed by atoms with Crippen molar-refractivity contribution in [2.24, 2.45) is 0 Å². The minimum atomic E-state index is -3.51. The van der Waals surface area contributed by atoms with Gasteiger partial charge < -0.3 is 14.8 Å². The Morgan fingerprint density at radius 3 is 2.83 bits per heavy atom. The molecule has 1 N–H and O–H groups in total. The molecule has 2 aliphatic heterocycles. The molecular formula is C15H20N2O5S. The first-order chi connectivity index (χ1) is 11.0. The highest BCUT2D eigenvalue weighted by atomic mass is 32.2. The first-order valence-electron chi connectivity index (χ1n) is 7.69. The minimum absolute atomic E-state index is 0.242. The molecule has 1 atom stereocenters. The van der Waals surface area contributed by atoms with Gasteiger partial charge in [-0.1, -0.05) is 0 Å². The Labute approximate surface area is 135 Å². The van der Waals surface area contributed by atoms with Crippen LogP contribution in [0, 0.1) is 0 Å². The van der Waals surface area contributed by atoms with Crippen molar-refractivity contribution < 1.29 is 22.7 Å². The first-order valence-corrected chi connectivity index (χ1v) is 9.13. The molecule has 0 aliphatic carbocycles. The number of nitrogens with zero attached hydrogens (tertiary/aromatic N) is 1. The summed E-state index contributed by atoms with van der Waals surface area (Å²) in [5.41, 5.74) is 0.722. The minimum Gasteiger partial charge on any atom is -0.478 e. The van der Waals surface area contributed by atoms with Crippen LogP contribution in [0.1, 0.15) is 12.5 Å². The summed E-state index contributed by atoms with van der Waals surface area (Å²) in [4.78, 5) is 12.0. The van der Waals surface area contributed by atoms with Gasteiger partial charge in [0.05, 0.1) is 11.5 Å². The molecule has 1 saturated heterocycles. The Morgan fingerprint density at radius 1 is 1.39 bits per heavy atom. The van der Waals surface area contributed by atoms with Crippen molar-refractivity contribution >= 4 is 16.0 Å². The third-order valence-electron chi connectivity index (χ3n) is 3.97. The third kappa shape index (κ3) is 3.19. The molecule has 2 heterocycles. The van der Waals surface area contributed by atoms with E-state index in [1.807, 2.05) is 0 Å². The lowest BCUT2D eigenvalue weighted by molar-refractivity contribution is -0.150. The fraction of sp³-hybridized carbons (Fsp3) is 0.533. The van der Waals surface area contributed by atoms with Crippen LogP contribution in [0.5, 0.6) is 5.75 Å². The van der Waals surface area contributed by atoms with Crippen molar-refractivity contribution in [1.82, 2.24) is 9.62 Å². The summed E-state index contributed by atoms with van der Waals surface area (Å²) in [5, 5.41) is 3.13. The molecule has 0 amide bonds. The smallest absolute Gasteiger partial charge is 0.347 e. The van der Waals surface area contributed by atoms with E-state index in [0.717, 1.165) is 5.56 Å². The molecule has 0 spiro atoms. The largest absolute Gasteiger partial charge is 0.478 e. The second kappa shape index (κ2) is 6.46. The number of sulfonamides is 1. The van der Waals surface area contributed by atoms with Gasteiger partial charge in [-0.25, -0.2) is 13.2 Å². The predicted octanol–water partition coefficient (Wildman–Crippen LogP) is 0.147. The summed E-state index contributed by atoms with van der Waals surface area (Å²) in [7, 11) is -3.51. The van der Waals surface area contributed by atoms with Gasteiger partial charge in [-0.3, -0.25) is 0 Å². The lowest BCUT2D eigenvalue weighted by atomic mass is 10.1. The Bertz CT molecular complexity index is 698. The number of rotatable bonds is 4. The van der Waals surface area contributed by atoms with Gasteiger partial charge >= 0.3 is 5.97 Å². The van der Waals surface area contributed by atoms with E-state index in [-0.39, 0.29) is 11.5 Å². The summed E-state index contributed by atoms with van der Waals surface area (Å²) in [6.07, 6.45) is -0.360. The molecule has 0 bridgehead atoms. The Balaban J connectivity index is 1.80. The predicted molar refractivity (Wildman–Crippen MR) is 82.8 cm³/mol. The van der Waals surface area contributed by atoms with Gasteiger partial charge in [-0.15, -0.1) is 0 Å². The summed E-state index contributed by atoms with van der Waals surface area (Å²) < 4.78 is 37.3. The van der Waals surface area contributed by atoms with Crippen molar-refractivity contribution in [3.8, 4) is 5.75 Å². The second-order valence-corrected chi connectivity index (χ2v) is 7.42. The van der Waals surface area contributed by atoms with Gasteiger partial charge in [0, 0.05) is 32.6 Å². The molecule has 23 heavy (non-hydrogen) atoms. The summed E-state index contributed by atoms with van der Waals surface area (Å²) in [5.74, 6) is 0.123. The van der Waals surface area contributed by atoms with E-state index in [1.165, 1.54) is 10.4 Å². The zero-order valence-electron chi connectivity index (χ0n) is 12.9. The highest BCUT2D eigenvalue weighted by Crippen LogP contribution is 2.32. The second-order valence-electron chi connectivity index (χ2n) is 5.49. The van der Waals surface area contributed by atoms with E-state index in [2.05, 4.69) is 5.32 Å². The highest BCUT2D eigenvalue weighted by Gasteiger charge is 2.32. The zero-order valence-corrected chi connectivity index (χ0v) is 13.8. The van der Waals surface area contributed by atoms with E-state index < -0.39 is 22.1 Å². The average molecular weight is 340 g/mol. The number of ether oxygens (including phenoxy) is 2. The standard InChI is InChI=1S/C15H20N2O5S/c1-2-21-15(18)14-10-11-9-12(3-4-13(11)22-14)23(19,20)17-7-5-16-6-8-17/h3-4,9,14,16H,2,5-8,10H2,1H3. The third-order valence-corrected chi connectivity index (χ3v) is 5.86. The SMILES string of the molecule is CCOC(=O)C1Cc2cc(S(=O)(=O)N3CCNCC3)ccc2O1. The van der Waals surface area contributed by atoms with Crippen LogP contribution >= 0.6 is 0 Å². The molecular weight excluding hydrogens is 320 g/mol. The van der Waals surface area contributed by atoms with Crippen LogP contribution in [-0.4, -0.2) is 57.6 Å². The van der Waals surface area contributed by atoms with Crippen LogP contribution in [0.25, 0.3) is 0 Å². The van der Waals surface area contributed by atoms with Crippen LogP contribution in [-0.2, 0) is 26.0 Å². The molecule has 0 saturated carbocycles. The Hall–Kier alpha value is -1.64. The van der Waals surface area contributed by atoms with Crippen molar-refractivity contribution in [3.63, 3.8) is 0 Å². The highest BCUT2D eigenvalue weighted by molar-refractivity contribution is 7.89. The first kappa shape index (κ1) is 16.2. The average Bonchev–Trinajstić information content (AvgIpc) is 2.99. The molecule has 8 heteroatoms. The van der Waals surface area contributed by atoms with Crippen LogP contribution < -0.4 is 10.1 Å². The van der Waals surface area contributed by atoms with Gasteiger partial charge in [0.25, 0.3) is 0 Å². The van der Waals surface area contributed by atoms with E-state index in [9.17, 15) is 13.2 Å². The molecule has 1 aromatic carbocycles. The molecule has 0 aromatic heterocycles. The Kier molecular flexibility index (Phi) is 4.56. The van der Waals surface area contributed by atoms with Gasteiger partial charge in [0.2, 0.25) is 10.0 Å². The molecule has 0 radical (unpaired) electrons. The summed E-state index contributed by atoms with van der Waals surface area (Å²) in [6, 6.07) is 4.75. The van der Waals surface area contributed by atoms with Gasteiger partial charge in [-0.05, 0) is 30.7 Å². The number of esters is 1. The van der Waals surface area contributed by atoms with Crippen LogP contribution in [0.15, 0.2) is 23.1 Å². The van der Waals surface area contributed by atoms with Gasteiger partial charge in [-0.2, -0.15) is 4.31 Å². The molecule has 126 valence electrons. The maximum atomic E-state index is 12.7. The summed E-state index contributed by atoms with van der Waals surface area (Å²) in [6.45, 7) is 4.25. The lowest BCUT2D eigenvalue weighted by Gasteiger charge is -2.26. The van der Waals surface area contributed by atoms with Crippen molar-refractivity contribution in [2.75, 3.05) is 32.8 Å². The number of hydrogen-bond donors (Lipinski definition) is 1. The lowest BCUT2D eigenvalue weighted by Crippen LogP contribution is -2.46. The number of fused-ring (bicyclic) bond motifs is 1. The number of piperazine rings is 1. The van der Waals surface area contributed by atoms with Crippen LogP contribution in [0.4, 0.5) is 0 Å². The van der Waals surface area contributed by atoms with Gasteiger partial charge in [0.15, 0.2) is 6.10 Å². The Morgan fingerprint density at radius 2 is 2.13 bits per heavy atom. The van der Waals surface area contributed by atoms with Crippen LogP contribution in [0.3, 0.4) is 0 Å². The maximum absolute atomic E-state index is 12.7. The summed E-state index contributed by atoms with van der Waals surface area (Å²) >= 11 is 0. The normalized spacial score (nSPS) is 21.5.